The fourth-order valence-corrected chi connectivity index (χ4v) is 4.38. The summed E-state index contributed by atoms with van der Waals surface area (Å²) < 4.78 is 5.35. The Balaban J connectivity index is 1.58. The molecule has 0 N–H and O–H groups in total. The van der Waals surface area contributed by atoms with Crippen LogP contribution in [0, 0.1) is 0 Å². The number of hydrogen-bond donors (Lipinski definition) is 0. The van der Waals surface area contributed by atoms with Crippen molar-refractivity contribution in [2.45, 2.75) is 76.3 Å². The molecule has 0 aliphatic heterocycles. The molecule has 0 radical (unpaired) electrons. The summed E-state index contributed by atoms with van der Waals surface area (Å²) in [5.41, 5.74) is 0.737. The Morgan fingerprint density at radius 3 is 2.23 bits per heavy atom. The lowest BCUT2D eigenvalue weighted by Gasteiger charge is -2.41. The number of nitrogens with zero attached hydrogens (tertiary/aromatic N) is 4. The van der Waals surface area contributed by atoms with Gasteiger partial charge in [-0.05, 0) is 37.8 Å². The van der Waals surface area contributed by atoms with Gasteiger partial charge >= 0.3 is 0 Å². The topological polar surface area (TPSA) is 72.1 Å². The van der Waals surface area contributed by atoms with Crippen molar-refractivity contribution >= 4 is 5.91 Å². The molecular weight excluding hydrogens is 328 g/mol. The molecule has 2 saturated carbocycles. The fourth-order valence-electron chi connectivity index (χ4n) is 4.38. The summed E-state index contributed by atoms with van der Waals surface area (Å²) in [5, 5.41) is 4.00. The van der Waals surface area contributed by atoms with E-state index in [0.717, 1.165) is 31.2 Å². The van der Waals surface area contributed by atoms with Crippen LogP contribution in [0.5, 0.6) is 0 Å². The Hall–Kier alpha value is -2.24. The third-order valence-corrected chi connectivity index (χ3v) is 5.70. The van der Waals surface area contributed by atoms with Crippen molar-refractivity contribution in [3.63, 3.8) is 0 Å². The molecule has 0 bridgehead atoms. The Labute approximate surface area is 154 Å². The number of carbonyl (C=O) groups is 1. The number of aromatic nitrogens is 3. The summed E-state index contributed by atoms with van der Waals surface area (Å²) in [6.07, 6.45) is 15.1. The quantitative estimate of drug-likeness (QED) is 0.821. The van der Waals surface area contributed by atoms with E-state index in [-0.39, 0.29) is 11.7 Å². The van der Waals surface area contributed by atoms with Crippen molar-refractivity contribution in [2.75, 3.05) is 0 Å². The van der Waals surface area contributed by atoms with Crippen molar-refractivity contribution in [1.82, 2.24) is 20.0 Å². The number of hydrogen-bond acceptors (Lipinski definition) is 5. The van der Waals surface area contributed by atoms with Gasteiger partial charge in [-0.3, -0.25) is 9.78 Å². The lowest BCUT2D eigenvalue weighted by molar-refractivity contribution is 0.0433. The molecule has 2 aromatic heterocycles. The van der Waals surface area contributed by atoms with Gasteiger partial charge in [0, 0.05) is 24.5 Å². The van der Waals surface area contributed by atoms with Crippen LogP contribution in [0.15, 0.2) is 29.0 Å². The molecule has 138 valence electrons. The normalized spacial score (nSPS) is 19.4. The molecule has 2 aromatic rings. The third kappa shape index (κ3) is 3.64. The van der Waals surface area contributed by atoms with E-state index in [0.29, 0.717) is 18.0 Å². The molecule has 2 aliphatic rings. The highest BCUT2D eigenvalue weighted by atomic mass is 16.5. The molecule has 26 heavy (non-hydrogen) atoms. The average Bonchev–Trinajstić information content (AvgIpc) is 3.21. The maximum Gasteiger partial charge on any atom is 0.295 e. The molecule has 0 saturated heterocycles. The minimum Gasteiger partial charge on any atom is -0.333 e. The number of rotatable bonds is 4. The van der Waals surface area contributed by atoms with Gasteiger partial charge in [0.15, 0.2) is 0 Å². The average molecular weight is 354 g/mol. The van der Waals surface area contributed by atoms with E-state index in [9.17, 15) is 4.79 Å². The van der Waals surface area contributed by atoms with Crippen molar-refractivity contribution in [1.29, 1.82) is 0 Å². The van der Waals surface area contributed by atoms with Gasteiger partial charge in [0.2, 0.25) is 0 Å². The summed E-state index contributed by atoms with van der Waals surface area (Å²) in [6, 6.07) is 4.31. The Morgan fingerprint density at radius 1 is 1.00 bits per heavy atom. The standard InChI is InChI=1S/C20H26N4O2/c25-20(18-22-19(26-23-18)15-8-7-13-21-14-15)24(16-9-3-1-4-10-16)17-11-5-2-6-12-17/h7-8,13-14,16-17H,1-6,9-12H2. The number of amides is 1. The van der Waals surface area contributed by atoms with Crippen LogP contribution in [-0.4, -0.2) is 38.0 Å². The van der Waals surface area contributed by atoms with Gasteiger partial charge in [-0.1, -0.05) is 43.7 Å². The van der Waals surface area contributed by atoms with Crippen molar-refractivity contribution in [2.24, 2.45) is 0 Å². The number of pyridine rings is 1. The van der Waals surface area contributed by atoms with Gasteiger partial charge in [0.05, 0.1) is 5.56 Å². The summed E-state index contributed by atoms with van der Waals surface area (Å²) in [6.45, 7) is 0. The zero-order chi connectivity index (χ0) is 17.8. The zero-order valence-corrected chi connectivity index (χ0v) is 15.1. The maximum atomic E-state index is 13.3. The molecule has 2 aliphatic carbocycles. The van der Waals surface area contributed by atoms with Gasteiger partial charge < -0.3 is 9.42 Å². The zero-order valence-electron chi connectivity index (χ0n) is 15.1. The highest BCUT2D eigenvalue weighted by molar-refractivity contribution is 5.91. The van der Waals surface area contributed by atoms with Crippen LogP contribution < -0.4 is 0 Å². The first-order chi connectivity index (χ1) is 12.8. The van der Waals surface area contributed by atoms with Crippen LogP contribution >= 0.6 is 0 Å². The highest BCUT2D eigenvalue weighted by Crippen LogP contribution is 2.31. The van der Waals surface area contributed by atoms with E-state index in [2.05, 4.69) is 20.0 Å². The lowest BCUT2D eigenvalue weighted by Crippen LogP contribution is -2.49. The molecule has 2 heterocycles. The van der Waals surface area contributed by atoms with Crippen molar-refractivity contribution in [3.8, 4) is 11.5 Å². The van der Waals surface area contributed by atoms with Crippen LogP contribution in [0.2, 0.25) is 0 Å². The van der Waals surface area contributed by atoms with Crippen LogP contribution in [0.4, 0.5) is 0 Å². The van der Waals surface area contributed by atoms with Gasteiger partial charge in [0.25, 0.3) is 17.6 Å². The van der Waals surface area contributed by atoms with E-state index in [1.54, 1.807) is 12.4 Å². The second kappa shape index (κ2) is 7.98. The largest absolute Gasteiger partial charge is 0.333 e. The second-order valence-corrected chi connectivity index (χ2v) is 7.46. The SMILES string of the molecule is O=C(c1noc(-c2cccnc2)n1)N(C1CCCCC1)C1CCCCC1. The van der Waals surface area contributed by atoms with Gasteiger partial charge in [-0.25, -0.2) is 0 Å². The van der Waals surface area contributed by atoms with Gasteiger partial charge in [0.1, 0.15) is 0 Å². The van der Waals surface area contributed by atoms with E-state index >= 15 is 0 Å². The Kier molecular flexibility index (Phi) is 5.27. The third-order valence-electron chi connectivity index (χ3n) is 5.70. The van der Waals surface area contributed by atoms with E-state index in [4.69, 9.17) is 4.52 Å². The smallest absolute Gasteiger partial charge is 0.295 e. The molecule has 0 aromatic carbocycles. The first-order valence-corrected chi connectivity index (χ1v) is 9.90. The van der Waals surface area contributed by atoms with E-state index in [1.165, 1.54) is 38.5 Å². The molecule has 0 spiro atoms. The van der Waals surface area contributed by atoms with E-state index in [1.807, 2.05) is 12.1 Å². The molecule has 6 heteroatoms. The summed E-state index contributed by atoms with van der Waals surface area (Å²) in [4.78, 5) is 23.9. The molecule has 1 amide bonds. The lowest BCUT2D eigenvalue weighted by atomic mass is 9.88. The summed E-state index contributed by atoms with van der Waals surface area (Å²) in [5.74, 6) is 0.469. The van der Waals surface area contributed by atoms with Crippen LogP contribution in [-0.2, 0) is 0 Å². The van der Waals surface area contributed by atoms with E-state index < -0.39 is 0 Å². The predicted molar refractivity (Wildman–Crippen MR) is 97.4 cm³/mol. The second-order valence-electron chi connectivity index (χ2n) is 7.46. The monoisotopic (exact) mass is 354 g/mol. The minimum atomic E-state index is -0.0670. The molecule has 6 nitrogen and oxygen atoms in total. The van der Waals surface area contributed by atoms with Gasteiger partial charge in [-0.2, -0.15) is 4.98 Å². The Bertz CT molecular complexity index is 700. The molecule has 2 fully saturated rings. The molecular formula is C20H26N4O2. The molecule has 4 rings (SSSR count). The summed E-state index contributed by atoms with van der Waals surface area (Å²) in [7, 11) is 0. The number of carbonyl (C=O) groups excluding carboxylic acids is 1. The molecule has 0 atom stereocenters. The predicted octanol–water partition coefficient (Wildman–Crippen LogP) is 4.24. The first kappa shape index (κ1) is 17.2. The van der Waals surface area contributed by atoms with Crippen LogP contribution in [0.25, 0.3) is 11.5 Å². The Morgan fingerprint density at radius 2 is 1.65 bits per heavy atom. The van der Waals surface area contributed by atoms with Crippen molar-refractivity contribution < 1.29 is 9.32 Å². The van der Waals surface area contributed by atoms with Crippen LogP contribution in [0.1, 0.15) is 74.8 Å². The van der Waals surface area contributed by atoms with Gasteiger partial charge in [-0.15, -0.1) is 0 Å². The van der Waals surface area contributed by atoms with Crippen LogP contribution in [0.3, 0.4) is 0 Å². The highest BCUT2D eigenvalue weighted by Gasteiger charge is 2.35. The maximum absolute atomic E-state index is 13.3. The van der Waals surface area contributed by atoms with Crippen molar-refractivity contribution in [3.05, 3.63) is 30.4 Å². The minimum absolute atomic E-state index is 0.0670. The fraction of sp³-hybridized carbons (Fsp3) is 0.600. The summed E-state index contributed by atoms with van der Waals surface area (Å²) >= 11 is 0. The molecule has 0 unspecified atom stereocenters. The first-order valence-electron chi connectivity index (χ1n) is 9.90.